The van der Waals surface area contributed by atoms with Crippen LogP contribution in [0.2, 0.25) is 0 Å². The topological polar surface area (TPSA) is 117 Å². The van der Waals surface area contributed by atoms with Crippen LogP contribution in [0.15, 0.2) is 42.0 Å². The zero-order chi connectivity index (χ0) is 31.7. The number of likely N-dealkylation sites (N-methyl/N-ethyl adjacent to an activating group) is 1. The molecule has 3 heterocycles. The molecule has 1 saturated heterocycles. The fourth-order valence-corrected chi connectivity index (χ4v) is 7.89. The van der Waals surface area contributed by atoms with Crippen LogP contribution in [0.1, 0.15) is 50.3 Å². The van der Waals surface area contributed by atoms with E-state index in [0.717, 1.165) is 77.6 Å². The second-order valence-corrected chi connectivity index (χ2v) is 14.8. The second kappa shape index (κ2) is 12.4. The van der Waals surface area contributed by atoms with Crippen LogP contribution < -0.4 is 5.32 Å². The van der Waals surface area contributed by atoms with Gasteiger partial charge in [0.15, 0.2) is 0 Å². The van der Waals surface area contributed by atoms with Gasteiger partial charge in [-0.05, 0) is 29.4 Å². The van der Waals surface area contributed by atoms with Gasteiger partial charge in [0, 0.05) is 37.0 Å². The van der Waals surface area contributed by atoms with Crippen LogP contribution in [0.25, 0.3) is 11.3 Å². The molecule has 0 saturated carbocycles. The van der Waals surface area contributed by atoms with Crippen molar-refractivity contribution < 1.29 is 24.0 Å². The molecule has 44 heavy (non-hydrogen) atoms. The predicted molar refractivity (Wildman–Crippen MR) is 170 cm³/mol. The van der Waals surface area contributed by atoms with Crippen LogP contribution in [-0.4, -0.2) is 86.8 Å². The van der Waals surface area contributed by atoms with Crippen LogP contribution in [-0.2, 0) is 40.3 Å². The first kappa shape index (κ1) is 31.8. The summed E-state index contributed by atoms with van der Waals surface area (Å²) in [5.74, 6) is -1.88. The Labute approximate surface area is 263 Å². The van der Waals surface area contributed by atoms with Gasteiger partial charge in [-0.1, -0.05) is 45.0 Å². The number of carbonyl (C=O) groups is 3. The lowest BCUT2D eigenvalue weighted by Crippen LogP contribution is -2.58. The van der Waals surface area contributed by atoms with Crippen molar-refractivity contribution in [2.75, 3.05) is 39.8 Å². The van der Waals surface area contributed by atoms with Crippen molar-refractivity contribution in [3.05, 3.63) is 58.2 Å². The van der Waals surface area contributed by atoms with E-state index < -0.39 is 22.7 Å². The summed E-state index contributed by atoms with van der Waals surface area (Å²) in [6, 6.07) is 7.88. The van der Waals surface area contributed by atoms with E-state index in [-0.39, 0.29) is 18.4 Å². The Balaban J connectivity index is 1.20. The average molecular weight is 622 g/mol. The summed E-state index contributed by atoms with van der Waals surface area (Å²) in [6.45, 7) is 13.0. The summed E-state index contributed by atoms with van der Waals surface area (Å²) in [6.07, 6.45) is 5.63. The first-order chi connectivity index (χ1) is 20.8. The SMILES string of the molecule is CC(=O)N1CC[N+](C)(CCCn2cc(-c3csc(CNC(=O)C4(C(C(=O)O)C(C)(C)C)Cc5ccccc5C4)n3)cn2)CC1. The minimum absolute atomic E-state index is 0.156. The lowest BCUT2D eigenvalue weighted by Gasteiger charge is -2.41. The normalized spacial score (nSPS) is 18.1. The van der Waals surface area contributed by atoms with Gasteiger partial charge < -0.3 is 19.8 Å². The van der Waals surface area contributed by atoms with Crippen molar-refractivity contribution in [2.24, 2.45) is 16.7 Å². The number of amides is 2. The molecule has 2 N–H and O–H groups in total. The van der Waals surface area contributed by atoms with Gasteiger partial charge in [0.1, 0.15) is 5.01 Å². The number of nitrogens with one attached hydrogen (secondary N) is 1. The van der Waals surface area contributed by atoms with Gasteiger partial charge in [0.05, 0.1) is 69.5 Å². The summed E-state index contributed by atoms with van der Waals surface area (Å²) < 4.78 is 2.92. The highest BCUT2D eigenvalue weighted by Gasteiger charge is 2.56. The van der Waals surface area contributed by atoms with E-state index in [1.54, 1.807) is 6.92 Å². The maximum Gasteiger partial charge on any atom is 0.308 e. The molecule has 1 aliphatic heterocycles. The smallest absolute Gasteiger partial charge is 0.308 e. The van der Waals surface area contributed by atoms with E-state index in [4.69, 9.17) is 4.98 Å². The molecule has 0 spiro atoms. The molecule has 1 unspecified atom stereocenters. The van der Waals surface area contributed by atoms with Crippen LogP contribution >= 0.6 is 11.3 Å². The Kier molecular flexibility index (Phi) is 9.00. The van der Waals surface area contributed by atoms with Crippen LogP contribution in [0.4, 0.5) is 0 Å². The summed E-state index contributed by atoms with van der Waals surface area (Å²) >= 11 is 1.47. The predicted octanol–water partition coefficient (Wildman–Crippen LogP) is 3.85. The van der Waals surface area contributed by atoms with Crippen LogP contribution in [0.3, 0.4) is 0 Å². The summed E-state index contributed by atoms with van der Waals surface area (Å²) in [7, 11) is 2.26. The van der Waals surface area contributed by atoms with Crippen molar-refractivity contribution in [3.63, 3.8) is 0 Å². The Bertz CT molecular complexity index is 1490. The number of aliphatic carboxylic acids is 1. The number of aryl methyl sites for hydroxylation is 1. The number of rotatable bonds is 10. The summed E-state index contributed by atoms with van der Waals surface area (Å²) in [5.41, 5.74) is 2.14. The highest BCUT2D eigenvalue weighted by atomic mass is 32.1. The number of benzene rings is 1. The van der Waals surface area contributed by atoms with Gasteiger partial charge in [0.25, 0.3) is 0 Å². The molecule has 2 aliphatic rings. The maximum absolute atomic E-state index is 13.9. The highest BCUT2D eigenvalue weighted by Crippen LogP contribution is 2.49. The summed E-state index contributed by atoms with van der Waals surface area (Å²) in [4.78, 5) is 44.9. The minimum atomic E-state index is -1.07. The van der Waals surface area contributed by atoms with Gasteiger partial charge in [0.2, 0.25) is 11.8 Å². The molecule has 1 fully saturated rings. The largest absolute Gasteiger partial charge is 0.481 e. The van der Waals surface area contributed by atoms with Gasteiger partial charge in [-0.15, -0.1) is 11.3 Å². The Morgan fingerprint density at radius 1 is 1.14 bits per heavy atom. The van der Waals surface area contributed by atoms with E-state index in [2.05, 4.69) is 17.5 Å². The van der Waals surface area contributed by atoms with Gasteiger partial charge in [-0.3, -0.25) is 19.1 Å². The van der Waals surface area contributed by atoms with E-state index in [1.807, 2.05) is 72.4 Å². The number of carbonyl (C=O) groups excluding carboxylic acids is 2. The van der Waals surface area contributed by atoms with E-state index in [0.29, 0.717) is 12.8 Å². The number of hydrogen-bond acceptors (Lipinski definition) is 6. The van der Waals surface area contributed by atoms with Gasteiger partial charge in [-0.2, -0.15) is 5.10 Å². The third-order valence-corrected chi connectivity index (χ3v) is 10.3. The van der Waals surface area contributed by atoms with Crippen LogP contribution in [0.5, 0.6) is 0 Å². The first-order valence-electron chi connectivity index (χ1n) is 15.4. The molecule has 0 bridgehead atoms. The molecule has 11 heteroatoms. The number of carboxylic acids is 1. The molecule has 10 nitrogen and oxygen atoms in total. The minimum Gasteiger partial charge on any atom is -0.481 e. The van der Waals surface area contributed by atoms with Crippen molar-refractivity contribution in [3.8, 4) is 11.3 Å². The third kappa shape index (κ3) is 6.73. The van der Waals surface area contributed by atoms with Crippen LogP contribution in [0, 0.1) is 16.7 Å². The number of fused-ring (bicyclic) bond motifs is 1. The molecular weight excluding hydrogens is 576 g/mol. The first-order valence-corrected chi connectivity index (χ1v) is 16.3. The monoisotopic (exact) mass is 621 g/mol. The van der Waals surface area contributed by atoms with Gasteiger partial charge >= 0.3 is 5.97 Å². The fourth-order valence-electron chi connectivity index (χ4n) is 7.15. The number of quaternary nitrogens is 1. The quantitative estimate of drug-likeness (QED) is 0.332. The average Bonchev–Trinajstić information content (AvgIpc) is 3.69. The molecule has 2 amide bonds. The number of carboxylic acid groups (broad SMARTS) is 1. The zero-order valence-corrected chi connectivity index (χ0v) is 27.3. The Hall–Kier alpha value is -3.57. The molecule has 1 atom stereocenters. The Morgan fingerprint density at radius 2 is 1.80 bits per heavy atom. The highest BCUT2D eigenvalue weighted by molar-refractivity contribution is 7.09. The van der Waals surface area contributed by atoms with E-state index in [9.17, 15) is 19.5 Å². The Morgan fingerprint density at radius 3 is 2.39 bits per heavy atom. The maximum atomic E-state index is 13.9. The van der Waals surface area contributed by atoms with Crippen molar-refractivity contribution in [1.82, 2.24) is 25.0 Å². The third-order valence-electron chi connectivity index (χ3n) is 9.48. The van der Waals surface area contributed by atoms with E-state index in [1.165, 1.54) is 11.3 Å². The molecule has 5 rings (SSSR count). The second-order valence-electron chi connectivity index (χ2n) is 13.9. The van der Waals surface area contributed by atoms with Crippen molar-refractivity contribution in [1.29, 1.82) is 0 Å². The number of piperazine rings is 1. The molecule has 1 aliphatic carbocycles. The standard InChI is InChI=1S/C33H44N6O4S/c1-23(40)37-12-15-39(5,16-13-37)14-8-11-38-21-26(19-35-38)27-22-44-28(36-27)20-34-31(43)33(29(30(41)42)32(2,3)4)17-24-9-6-7-10-25(24)18-33/h6-7,9-10,19,21-22,29H,8,11-18,20H2,1-5H3,(H-,34,41,42,43)/p+1. The number of aromatic nitrogens is 3. The molecular formula is C33H45N6O4S+. The lowest BCUT2D eigenvalue weighted by atomic mass is 9.61. The molecule has 3 aromatic rings. The molecule has 236 valence electrons. The van der Waals surface area contributed by atoms with Crippen molar-refractivity contribution in [2.45, 2.75) is 60.0 Å². The molecule has 1 aromatic carbocycles. The summed E-state index contributed by atoms with van der Waals surface area (Å²) in [5, 5.41) is 20.7. The van der Waals surface area contributed by atoms with E-state index >= 15 is 0 Å². The molecule has 2 aromatic heterocycles. The fraction of sp³-hybridized carbons (Fsp3) is 0.545. The van der Waals surface area contributed by atoms with Crippen molar-refractivity contribution >= 4 is 29.1 Å². The number of nitrogens with zero attached hydrogens (tertiary/aromatic N) is 5. The number of thiazole rings is 1. The van der Waals surface area contributed by atoms with Gasteiger partial charge in [-0.25, -0.2) is 4.98 Å². The zero-order valence-electron chi connectivity index (χ0n) is 26.5. The lowest BCUT2D eigenvalue weighted by molar-refractivity contribution is -0.913. The molecule has 0 radical (unpaired) electrons. The number of hydrogen-bond donors (Lipinski definition) is 2.